The quantitative estimate of drug-likeness (QED) is 0.197. The number of pyridine rings is 3. The van der Waals surface area contributed by atoms with Crippen LogP contribution in [0.15, 0.2) is 128 Å². The van der Waals surface area contributed by atoms with Gasteiger partial charge in [0.2, 0.25) is 0 Å². The normalized spacial score (nSPS) is 12.0. The summed E-state index contributed by atoms with van der Waals surface area (Å²) in [5, 5.41) is 6.50. The number of hydrogen-bond acceptors (Lipinski definition) is 5. The van der Waals surface area contributed by atoms with Crippen molar-refractivity contribution in [1.29, 1.82) is 0 Å². The number of hydrogen-bond donors (Lipinski definition) is 2. The lowest BCUT2D eigenvalue weighted by atomic mass is 10.0. The Morgan fingerprint density at radius 2 is 1.47 bits per heavy atom. The van der Waals surface area contributed by atoms with Gasteiger partial charge in [-0.3, -0.25) is 19.6 Å². The van der Waals surface area contributed by atoms with E-state index in [0.29, 0.717) is 27.7 Å². The van der Waals surface area contributed by atoms with Gasteiger partial charge in [-0.1, -0.05) is 48.5 Å². The lowest BCUT2D eigenvalue weighted by molar-refractivity contribution is -0.137. The average Bonchev–Trinajstić information content (AvgIpc) is 3.07. The molecule has 0 aliphatic rings. The van der Waals surface area contributed by atoms with E-state index < -0.39 is 23.7 Å². The van der Waals surface area contributed by atoms with E-state index in [-0.39, 0.29) is 23.0 Å². The molecule has 0 saturated heterocycles. The van der Waals surface area contributed by atoms with Crippen LogP contribution in [0, 0.1) is 0 Å². The van der Waals surface area contributed by atoms with Crippen LogP contribution in [-0.4, -0.2) is 26.8 Å². The van der Waals surface area contributed by atoms with Crippen LogP contribution in [0.3, 0.4) is 0 Å². The Hall–Kier alpha value is -5.90. The Labute approximate surface area is 255 Å². The number of carbonyl (C=O) groups excluding carboxylic acids is 2. The molecule has 10 heteroatoms. The van der Waals surface area contributed by atoms with Crippen molar-refractivity contribution in [3.05, 3.63) is 156 Å². The van der Waals surface area contributed by atoms with Gasteiger partial charge in [0.15, 0.2) is 0 Å². The molecule has 0 fully saturated rings. The minimum absolute atomic E-state index is 0.173. The summed E-state index contributed by atoms with van der Waals surface area (Å²) in [4.78, 5) is 39.8. The van der Waals surface area contributed by atoms with Gasteiger partial charge in [-0.05, 0) is 72.3 Å². The third-order valence-corrected chi connectivity index (χ3v) is 7.12. The fraction of sp³-hybridized carbons (Fsp3) is 0.0571. The molecule has 0 aliphatic carbocycles. The van der Waals surface area contributed by atoms with E-state index in [0.717, 1.165) is 17.7 Å². The van der Waals surface area contributed by atoms with Crippen LogP contribution in [0.5, 0.6) is 0 Å². The van der Waals surface area contributed by atoms with E-state index in [1.54, 1.807) is 42.6 Å². The Morgan fingerprint density at radius 1 is 0.711 bits per heavy atom. The highest BCUT2D eigenvalue weighted by atomic mass is 19.4. The Bertz CT molecular complexity index is 1940. The molecule has 0 spiro atoms. The summed E-state index contributed by atoms with van der Waals surface area (Å²) in [5.41, 5.74) is 2.54. The number of aromatic nitrogens is 3. The molecule has 6 aromatic rings. The van der Waals surface area contributed by atoms with Crippen molar-refractivity contribution < 1.29 is 22.8 Å². The topological polar surface area (TPSA) is 96.9 Å². The zero-order valence-electron chi connectivity index (χ0n) is 23.5. The molecule has 0 bridgehead atoms. The van der Waals surface area contributed by atoms with Crippen molar-refractivity contribution in [2.24, 2.45) is 0 Å². The van der Waals surface area contributed by atoms with Crippen LogP contribution < -0.4 is 10.6 Å². The number of nitrogens with zero attached hydrogens (tertiary/aromatic N) is 3. The number of carbonyl (C=O) groups is 2. The summed E-state index contributed by atoms with van der Waals surface area (Å²) < 4.78 is 39.0. The van der Waals surface area contributed by atoms with Crippen LogP contribution in [0.2, 0.25) is 0 Å². The molecule has 3 aromatic carbocycles. The summed E-state index contributed by atoms with van der Waals surface area (Å²) in [6.07, 6.45) is -1.33. The number of halogens is 3. The van der Waals surface area contributed by atoms with Crippen LogP contribution in [0.1, 0.15) is 43.6 Å². The first kappa shape index (κ1) is 29.2. The number of alkyl halides is 3. The zero-order valence-corrected chi connectivity index (χ0v) is 23.5. The fourth-order valence-corrected chi connectivity index (χ4v) is 4.89. The molecule has 222 valence electrons. The summed E-state index contributed by atoms with van der Waals surface area (Å²) >= 11 is 0. The van der Waals surface area contributed by atoms with Crippen molar-refractivity contribution in [2.75, 3.05) is 5.32 Å². The smallest absolute Gasteiger partial charge is 0.340 e. The second-order valence-electron chi connectivity index (χ2n) is 10.1. The minimum Gasteiger partial charge on any atom is -0.340 e. The predicted octanol–water partition coefficient (Wildman–Crippen LogP) is 7.48. The molecule has 3 heterocycles. The van der Waals surface area contributed by atoms with Crippen molar-refractivity contribution in [2.45, 2.75) is 12.2 Å². The average molecular weight is 604 g/mol. The first-order chi connectivity index (χ1) is 21.8. The van der Waals surface area contributed by atoms with Crippen LogP contribution >= 0.6 is 0 Å². The number of nitrogens with one attached hydrogen (secondary N) is 2. The molecule has 0 radical (unpaired) electrons. The molecule has 3 aromatic heterocycles. The van der Waals surface area contributed by atoms with Gasteiger partial charge >= 0.3 is 6.18 Å². The largest absolute Gasteiger partial charge is 0.416 e. The summed E-state index contributed by atoms with van der Waals surface area (Å²) in [5.74, 6) is -0.560. The Morgan fingerprint density at radius 3 is 2.20 bits per heavy atom. The van der Waals surface area contributed by atoms with Gasteiger partial charge in [0.05, 0.1) is 34.1 Å². The molecule has 7 nitrogen and oxygen atoms in total. The van der Waals surface area contributed by atoms with E-state index >= 15 is 0 Å². The number of anilines is 1. The number of fused-ring (bicyclic) bond motifs is 1. The molecular formula is C35H24F3N5O2. The van der Waals surface area contributed by atoms with Gasteiger partial charge in [-0.25, -0.2) is 4.98 Å². The van der Waals surface area contributed by atoms with Gasteiger partial charge < -0.3 is 10.6 Å². The molecule has 6 rings (SSSR count). The second kappa shape index (κ2) is 12.4. The third kappa shape index (κ3) is 6.54. The van der Waals surface area contributed by atoms with Crippen LogP contribution in [0.4, 0.5) is 19.0 Å². The summed E-state index contributed by atoms with van der Waals surface area (Å²) in [6, 6.07) is 30.6. The first-order valence-electron chi connectivity index (χ1n) is 13.9. The second-order valence-corrected chi connectivity index (χ2v) is 10.1. The number of benzene rings is 3. The molecule has 2 N–H and O–H groups in total. The standard InChI is InChI=1S/C35H24F3N5O2/c36-35(37,38)26-15-11-23(12-16-26)31-27(9-6-20-40-31)34(45)42-30-18-14-24-21-25(13-17-28(24)41-30)33(44)43-32(22-7-2-1-3-8-22)29-10-4-5-19-39-29/h1-21,32H,(H,43,44)(H,41,42,45)/t32-/m0/s1. The van der Waals surface area contributed by atoms with Crippen LogP contribution in [-0.2, 0) is 6.18 Å². The first-order valence-corrected chi connectivity index (χ1v) is 13.9. The summed E-state index contributed by atoms with van der Waals surface area (Å²) in [6.45, 7) is 0. The molecule has 1 atom stereocenters. The van der Waals surface area contributed by atoms with E-state index in [4.69, 9.17) is 0 Å². The monoisotopic (exact) mass is 603 g/mol. The molecule has 0 aliphatic heterocycles. The predicted molar refractivity (Wildman–Crippen MR) is 164 cm³/mol. The fourth-order valence-electron chi connectivity index (χ4n) is 4.89. The third-order valence-electron chi connectivity index (χ3n) is 7.12. The maximum Gasteiger partial charge on any atom is 0.416 e. The zero-order chi connectivity index (χ0) is 31.4. The lowest BCUT2D eigenvalue weighted by Crippen LogP contribution is -2.29. The molecule has 0 saturated carbocycles. The number of rotatable bonds is 7. The molecule has 2 amide bonds. The highest BCUT2D eigenvalue weighted by Gasteiger charge is 2.30. The van der Waals surface area contributed by atoms with E-state index in [2.05, 4.69) is 25.6 Å². The van der Waals surface area contributed by atoms with Crippen molar-refractivity contribution in [1.82, 2.24) is 20.3 Å². The van der Waals surface area contributed by atoms with Gasteiger partial charge in [-0.2, -0.15) is 13.2 Å². The van der Waals surface area contributed by atoms with E-state index in [1.165, 1.54) is 24.4 Å². The Kier molecular flexibility index (Phi) is 8.03. The maximum absolute atomic E-state index is 13.4. The van der Waals surface area contributed by atoms with Gasteiger partial charge in [0.1, 0.15) is 5.82 Å². The van der Waals surface area contributed by atoms with Crippen molar-refractivity contribution in [3.63, 3.8) is 0 Å². The maximum atomic E-state index is 13.4. The summed E-state index contributed by atoms with van der Waals surface area (Å²) in [7, 11) is 0. The molecule has 0 unspecified atom stereocenters. The minimum atomic E-state index is -4.47. The lowest BCUT2D eigenvalue weighted by Gasteiger charge is -2.19. The SMILES string of the molecule is O=C(N[C@@H](c1ccccc1)c1ccccn1)c1ccc2nc(NC(=O)c3cccnc3-c3ccc(C(F)(F)F)cc3)ccc2c1. The van der Waals surface area contributed by atoms with Crippen LogP contribution in [0.25, 0.3) is 22.2 Å². The van der Waals surface area contributed by atoms with Gasteiger partial charge in [0, 0.05) is 28.9 Å². The van der Waals surface area contributed by atoms with Crippen molar-refractivity contribution in [3.8, 4) is 11.3 Å². The molecule has 45 heavy (non-hydrogen) atoms. The molecular weight excluding hydrogens is 579 g/mol. The Balaban J connectivity index is 1.20. The highest BCUT2D eigenvalue weighted by Crippen LogP contribution is 2.31. The highest BCUT2D eigenvalue weighted by molar-refractivity contribution is 6.08. The van der Waals surface area contributed by atoms with Gasteiger partial charge in [0.25, 0.3) is 11.8 Å². The van der Waals surface area contributed by atoms with E-state index in [9.17, 15) is 22.8 Å². The van der Waals surface area contributed by atoms with Gasteiger partial charge in [-0.15, -0.1) is 0 Å². The van der Waals surface area contributed by atoms with Crippen molar-refractivity contribution >= 4 is 28.5 Å². The number of amides is 2. The van der Waals surface area contributed by atoms with E-state index in [1.807, 2.05) is 48.5 Å².